The van der Waals surface area contributed by atoms with E-state index >= 15 is 0 Å². The summed E-state index contributed by atoms with van der Waals surface area (Å²) in [5, 5.41) is 15.0. The van der Waals surface area contributed by atoms with Crippen LogP contribution in [-0.2, 0) is 0 Å². The number of aromatic nitrogens is 3. The Balaban J connectivity index is 2.62. The van der Waals surface area contributed by atoms with Crippen LogP contribution in [0.1, 0.15) is 11.4 Å². The van der Waals surface area contributed by atoms with E-state index in [2.05, 4.69) is 10.1 Å². The molecule has 6 heteroatoms. The number of nitrogens with zero attached hydrogens (tertiary/aromatic N) is 4. The van der Waals surface area contributed by atoms with Gasteiger partial charge in [0.25, 0.3) is 0 Å². The van der Waals surface area contributed by atoms with Crippen LogP contribution in [0.5, 0.6) is 0 Å². The fraction of sp³-hybridized carbons (Fsp3) is 0.200. The van der Waals surface area contributed by atoms with Crippen molar-refractivity contribution in [2.24, 2.45) is 0 Å². The van der Waals surface area contributed by atoms with Gasteiger partial charge in [-0.15, -0.1) is 0 Å². The molecule has 0 aromatic carbocycles. The molecule has 2 aromatic rings. The van der Waals surface area contributed by atoms with Crippen molar-refractivity contribution in [2.75, 3.05) is 0 Å². The first-order valence-corrected chi connectivity index (χ1v) is 4.72. The van der Waals surface area contributed by atoms with Crippen molar-refractivity contribution in [1.29, 1.82) is 0 Å². The quantitative estimate of drug-likeness (QED) is 0.569. The summed E-state index contributed by atoms with van der Waals surface area (Å²) in [7, 11) is 0. The monoisotopic (exact) mass is 218 g/mol. The largest absolute Gasteiger partial charge is 0.313 e. The van der Waals surface area contributed by atoms with Crippen LogP contribution in [0, 0.1) is 24.0 Å². The fourth-order valence-electron chi connectivity index (χ4n) is 1.38. The number of rotatable bonds is 2. The molecule has 0 bridgehead atoms. The van der Waals surface area contributed by atoms with E-state index in [1.54, 1.807) is 25.3 Å². The van der Waals surface area contributed by atoms with Crippen LogP contribution in [0.25, 0.3) is 5.82 Å². The molecule has 2 aromatic heterocycles. The lowest BCUT2D eigenvalue weighted by molar-refractivity contribution is -0.385. The summed E-state index contributed by atoms with van der Waals surface area (Å²) in [6, 6.07) is 4.82. The third-order valence-electron chi connectivity index (χ3n) is 2.13. The number of nitro groups is 1. The highest BCUT2D eigenvalue weighted by molar-refractivity contribution is 5.46. The second kappa shape index (κ2) is 3.73. The van der Waals surface area contributed by atoms with E-state index in [0.717, 1.165) is 5.69 Å². The van der Waals surface area contributed by atoms with E-state index in [9.17, 15) is 10.1 Å². The second-order valence-electron chi connectivity index (χ2n) is 3.45. The summed E-state index contributed by atoms with van der Waals surface area (Å²) in [6.45, 7) is 3.60. The first-order chi connectivity index (χ1) is 7.58. The molecule has 0 spiro atoms. The van der Waals surface area contributed by atoms with Gasteiger partial charge in [0.05, 0.1) is 10.6 Å². The Labute approximate surface area is 91.7 Å². The highest BCUT2D eigenvalue weighted by atomic mass is 16.6. The molecule has 0 amide bonds. The first kappa shape index (κ1) is 10.3. The Bertz CT molecular complexity index is 548. The van der Waals surface area contributed by atoms with E-state index in [0.29, 0.717) is 5.69 Å². The molecular weight excluding hydrogens is 208 g/mol. The highest BCUT2D eigenvalue weighted by Gasteiger charge is 2.17. The maximum atomic E-state index is 10.8. The van der Waals surface area contributed by atoms with E-state index in [4.69, 9.17) is 0 Å². The van der Waals surface area contributed by atoms with Gasteiger partial charge in [-0.05, 0) is 26.0 Å². The van der Waals surface area contributed by atoms with E-state index < -0.39 is 4.92 Å². The van der Waals surface area contributed by atoms with Crippen LogP contribution in [0.2, 0.25) is 0 Å². The van der Waals surface area contributed by atoms with E-state index in [1.165, 1.54) is 10.7 Å². The Kier molecular flexibility index (Phi) is 2.40. The molecule has 0 aliphatic heterocycles. The maximum absolute atomic E-state index is 10.8. The van der Waals surface area contributed by atoms with Gasteiger partial charge in [-0.3, -0.25) is 10.1 Å². The molecule has 6 nitrogen and oxygen atoms in total. The molecule has 0 fully saturated rings. The second-order valence-corrected chi connectivity index (χ2v) is 3.45. The van der Waals surface area contributed by atoms with Gasteiger partial charge < -0.3 is 0 Å². The molecule has 0 atom stereocenters. The normalized spacial score (nSPS) is 10.4. The average Bonchev–Trinajstić information content (AvgIpc) is 2.64. The van der Waals surface area contributed by atoms with Crippen molar-refractivity contribution >= 4 is 5.69 Å². The molecule has 16 heavy (non-hydrogen) atoms. The van der Waals surface area contributed by atoms with Crippen molar-refractivity contribution in [3.8, 4) is 5.82 Å². The van der Waals surface area contributed by atoms with Crippen LogP contribution < -0.4 is 0 Å². The third-order valence-corrected chi connectivity index (χ3v) is 2.13. The zero-order valence-corrected chi connectivity index (χ0v) is 8.91. The molecule has 0 aliphatic carbocycles. The summed E-state index contributed by atoms with van der Waals surface area (Å²) >= 11 is 0. The predicted molar refractivity (Wildman–Crippen MR) is 57.5 cm³/mol. The predicted octanol–water partition coefficient (Wildman–Crippen LogP) is 1.79. The first-order valence-electron chi connectivity index (χ1n) is 4.72. The van der Waals surface area contributed by atoms with Gasteiger partial charge >= 0.3 is 5.69 Å². The van der Waals surface area contributed by atoms with Gasteiger partial charge in [-0.2, -0.15) is 5.10 Å². The minimum absolute atomic E-state index is 0.0475. The number of pyridine rings is 1. The van der Waals surface area contributed by atoms with Crippen molar-refractivity contribution in [3.63, 3.8) is 0 Å². The van der Waals surface area contributed by atoms with Crippen LogP contribution in [0.15, 0.2) is 24.4 Å². The standard InChI is InChI=1S/C10H10N4O2/c1-7-3-4-9(14(15)16)10(11-7)13-6-5-8(2)12-13/h3-6H,1-2H3. The van der Waals surface area contributed by atoms with Gasteiger partial charge in [-0.1, -0.05) is 0 Å². The molecule has 0 N–H and O–H groups in total. The lowest BCUT2D eigenvalue weighted by Crippen LogP contribution is -2.04. The molecular formula is C10H10N4O2. The van der Waals surface area contributed by atoms with E-state index in [-0.39, 0.29) is 11.5 Å². The summed E-state index contributed by atoms with van der Waals surface area (Å²) < 4.78 is 1.42. The van der Waals surface area contributed by atoms with Crippen molar-refractivity contribution in [1.82, 2.24) is 14.8 Å². The zero-order chi connectivity index (χ0) is 11.7. The zero-order valence-electron chi connectivity index (χ0n) is 8.91. The van der Waals surface area contributed by atoms with Gasteiger partial charge in [0.2, 0.25) is 5.82 Å². The average molecular weight is 218 g/mol. The Morgan fingerprint density at radius 1 is 1.25 bits per heavy atom. The summed E-state index contributed by atoms with van der Waals surface area (Å²) in [5.74, 6) is 0.248. The SMILES string of the molecule is Cc1ccc([N+](=O)[O-])c(-n2ccc(C)n2)n1. The number of hydrogen-bond donors (Lipinski definition) is 0. The molecule has 0 saturated heterocycles. The fourth-order valence-corrected chi connectivity index (χ4v) is 1.38. The maximum Gasteiger partial charge on any atom is 0.313 e. The van der Waals surface area contributed by atoms with Gasteiger partial charge in [0.1, 0.15) is 0 Å². The van der Waals surface area contributed by atoms with E-state index in [1.807, 2.05) is 6.92 Å². The molecule has 0 aliphatic rings. The summed E-state index contributed by atoms with van der Waals surface area (Å²) in [4.78, 5) is 14.5. The minimum atomic E-state index is -0.460. The van der Waals surface area contributed by atoms with Crippen LogP contribution in [0.4, 0.5) is 5.69 Å². The van der Waals surface area contributed by atoms with Crippen molar-refractivity contribution in [2.45, 2.75) is 13.8 Å². The van der Waals surface area contributed by atoms with Crippen molar-refractivity contribution in [3.05, 3.63) is 45.9 Å². The highest BCUT2D eigenvalue weighted by Crippen LogP contribution is 2.20. The molecule has 0 unspecified atom stereocenters. The lowest BCUT2D eigenvalue weighted by atomic mass is 10.3. The molecule has 82 valence electrons. The van der Waals surface area contributed by atoms with Gasteiger partial charge in [0.15, 0.2) is 0 Å². The van der Waals surface area contributed by atoms with Crippen molar-refractivity contribution < 1.29 is 4.92 Å². The Morgan fingerprint density at radius 2 is 2.00 bits per heavy atom. The molecule has 0 saturated carbocycles. The summed E-state index contributed by atoms with van der Waals surface area (Å²) in [5.41, 5.74) is 1.46. The molecule has 2 heterocycles. The van der Waals surface area contributed by atoms with Crippen LogP contribution in [0.3, 0.4) is 0 Å². The number of hydrogen-bond acceptors (Lipinski definition) is 4. The molecule has 2 rings (SSSR count). The van der Waals surface area contributed by atoms with Gasteiger partial charge in [-0.25, -0.2) is 9.67 Å². The summed E-state index contributed by atoms with van der Waals surface area (Å²) in [6.07, 6.45) is 1.66. The molecule has 0 radical (unpaired) electrons. The van der Waals surface area contributed by atoms with Crippen LogP contribution in [-0.4, -0.2) is 19.7 Å². The number of aryl methyl sites for hydroxylation is 2. The topological polar surface area (TPSA) is 73.8 Å². The Morgan fingerprint density at radius 3 is 2.56 bits per heavy atom. The minimum Gasteiger partial charge on any atom is -0.258 e. The lowest BCUT2D eigenvalue weighted by Gasteiger charge is -2.02. The van der Waals surface area contributed by atoms with Gasteiger partial charge in [0, 0.05) is 18.0 Å². The van der Waals surface area contributed by atoms with Crippen LogP contribution >= 0.6 is 0 Å². The smallest absolute Gasteiger partial charge is 0.258 e. The third kappa shape index (κ3) is 1.77. The Hall–Kier alpha value is -2.24.